The molecule has 2 amide bonds. The lowest BCUT2D eigenvalue weighted by atomic mass is 10.1. The number of thiazole rings is 1. The minimum absolute atomic E-state index is 0.0897. The normalized spacial score (nSPS) is 14.0. The van der Waals surface area contributed by atoms with Crippen LogP contribution in [0.1, 0.15) is 32.6 Å². The molecule has 0 aromatic carbocycles. The van der Waals surface area contributed by atoms with Gasteiger partial charge in [0.25, 0.3) is 5.91 Å². The second-order valence-corrected chi connectivity index (χ2v) is 6.03. The van der Waals surface area contributed by atoms with Crippen LogP contribution < -0.4 is 10.6 Å². The molecule has 0 aliphatic heterocycles. The number of aromatic nitrogens is 1. The van der Waals surface area contributed by atoms with Gasteiger partial charge in [-0.2, -0.15) is 13.2 Å². The fourth-order valence-electron chi connectivity index (χ4n) is 1.86. The first-order valence-electron chi connectivity index (χ1n) is 7.32. The van der Waals surface area contributed by atoms with E-state index in [0.717, 1.165) is 0 Å². The number of nitrogens with zero attached hydrogens (tertiary/aromatic N) is 1. The molecule has 10 heteroatoms. The summed E-state index contributed by atoms with van der Waals surface area (Å²) in [5, 5.41) is 7.12. The molecule has 1 aromatic heterocycles. The number of carbonyl (C=O) groups is 2. The molecule has 1 rings (SSSR count). The Morgan fingerprint density at radius 1 is 1.38 bits per heavy atom. The van der Waals surface area contributed by atoms with Crippen LogP contribution in [0.25, 0.3) is 0 Å². The van der Waals surface area contributed by atoms with Crippen molar-refractivity contribution in [1.29, 1.82) is 0 Å². The number of unbranched alkanes of at least 4 members (excludes halogenated alkanes) is 1. The molecule has 24 heavy (non-hydrogen) atoms. The van der Waals surface area contributed by atoms with E-state index in [1.165, 1.54) is 24.6 Å². The second kappa shape index (κ2) is 9.58. The van der Waals surface area contributed by atoms with Crippen molar-refractivity contribution < 1.29 is 27.5 Å². The number of hydrogen-bond donors (Lipinski definition) is 2. The number of alkyl halides is 3. The van der Waals surface area contributed by atoms with Crippen LogP contribution in [0.15, 0.2) is 11.6 Å². The molecule has 0 bridgehead atoms. The van der Waals surface area contributed by atoms with Crippen molar-refractivity contribution in [2.75, 3.05) is 12.4 Å². The van der Waals surface area contributed by atoms with Crippen LogP contribution in [-0.4, -0.2) is 42.2 Å². The number of halogens is 3. The highest BCUT2D eigenvalue weighted by atomic mass is 32.1. The molecule has 0 radical (unpaired) electrons. The van der Waals surface area contributed by atoms with Gasteiger partial charge >= 0.3 is 6.18 Å². The van der Waals surface area contributed by atoms with Crippen molar-refractivity contribution in [3.63, 3.8) is 0 Å². The van der Waals surface area contributed by atoms with E-state index in [0.29, 0.717) is 5.13 Å². The largest absolute Gasteiger partial charge is 0.389 e. The van der Waals surface area contributed by atoms with Gasteiger partial charge in [0, 0.05) is 31.5 Å². The SMILES string of the molecule is CO[C@H](C)[C@H](NC(=O)CCCCC(F)(F)F)C(=O)Nc1nccs1. The zero-order valence-corrected chi connectivity index (χ0v) is 14.2. The third kappa shape index (κ3) is 7.73. The Hall–Kier alpha value is -1.68. The highest BCUT2D eigenvalue weighted by Crippen LogP contribution is 2.22. The van der Waals surface area contributed by atoms with E-state index in [4.69, 9.17) is 4.74 Å². The lowest BCUT2D eigenvalue weighted by Crippen LogP contribution is -2.50. The second-order valence-electron chi connectivity index (χ2n) is 5.13. The van der Waals surface area contributed by atoms with Crippen LogP contribution in [0.4, 0.5) is 18.3 Å². The van der Waals surface area contributed by atoms with Crippen molar-refractivity contribution in [3.05, 3.63) is 11.6 Å². The molecule has 0 aliphatic rings. The lowest BCUT2D eigenvalue weighted by Gasteiger charge is -2.22. The number of rotatable bonds is 9. The van der Waals surface area contributed by atoms with Crippen LogP contribution in [0.2, 0.25) is 0 Å². The Kier molecular flexibility index (Phi) is 8.13. The van der Waals surface area contributed by atoms with Gasteiger partial charge in [0.1, 0.15) is 6.04 Å². The average Bonchev–Trinajstić information content (AvgIpc) is 3.00. The highest BCUT2D eigenvalue weighted by Gasteiger charge is 2.28. The molecule has 0 unspecified atom stereocenters. The summed E-state index contributed by atoms with van der Waals surface area (Å²) in [6.45, 7) is 1.61. The summed E-state index contributed by atoms with van der Waals surface area (Å²) in [4.78, 5) is 28.0. The topological polar surface area (TPSA) is 80.3 Å². The minimum Gasteiger partial charge on any atom is -0.379 e. The van der Waals surface area contributed by atoms with E-state index in [2.05, 4.69) is 15.6 Å². The number of anilines is 1. The van der Waals surface area contributed by atoms with Gasteiger partial charge in [-0.25, -0.2) is 4.98 Å². The lowest BCUT2D eigenvalue weighted by molar-refractivity contribution is -0.136. The Morgan fingerprint density at radius 3 is 2.62 bits per heavy atom. The molecule has 6 nitrogen and oxygen atoms in total. The van der Waals surface area contributed by atoms with E-state index >= 15 is 0 Å². The van der Waals surface area contributed by atoms with Crippen molar-refractivity contribution in [2.24, 2.45) is 0 Å². The Labute approximate surface area is 141 Å². The van der Waals surface area contributed by atoms with E-state index < -0.39 is 36.6 Å². The first kappa shape index (κ1) is 20.4. The van der Waals surface area contributed by atoms with Crippen LogP contribution in [0.5, 0.6) is 0 Å². The molecule has 2 atom stereocenters. The number of hydrogen-bond acceptors (Lipinski definition) is 5. The van der Waals surface area contributed by atoms with E-state index in [1.807, 2.05) is 0 Å². The molecular weight excluding hydrogens is 347 g/mol. The van der Waals surface area contributed by atoms with Crippen molar-refractivity contribution >= 4 is 28.3 Å². The smallest absolute Gasteiger partial charge is 0.379 e. The fourth-order valence-corrected chi connectivity index (χ4v) is 2.39. The van der Waals surface area contributed by atoms with E-state index in [1.54, 1.807) is 12.3 Å². The molecule has 0 saturated heterocycles. The Morgan fingerprint density at radius 2 is 2.08 bits per heavy atom. The summed E-state index contributed by atoms with van der Waals surface area (Å²) in [5.41, 5.74) is 0. The number of amides is 2. The fraction of sp³-hybridized carbons (Fsp3) is 0.643. The van der Waals surface area contributed by atoms with E-state index in [9.17, 15) is 22.8 Å². The molecule has 0 fully saturated rings. The number of ether oxygens (including phenoxy) is 1. The number of methoxy groups -OCH3 is 1. The van der Waals surface area contributed by atoms with Gasteiger partial charge in [0.05, 0.1) is 6.10 Å². The van der Waals surface area contributed by atoms with Gasteiger partial charge in [0.2, 0.25) is 5.91 Å². The van der Waals surface area contributed by atoms with Gasteiger partial charge in [-0.3, -0.25) is 9.59 Å². The first-order chi connectivity index (χ1) is 11.2. The predicted octanol–water partition coefficient (Wildman–Crippen LogP) is 2.72. The van der Waals surface area contributed by atoms with Gasteiger partial charge in [-0.15, -0.1) is 11.3 Å². The maximum atomic E-state index is 12.2. The van der Waals surface area contributed by atoms with Gasteiger partial charge in [-0.1, -0.05) is 0 Å². The third-order valence-electron chi connectivity index (χ3n) is 3.22. The summed E-state index contributed by atoms with van der Waals surface area (Å²) >= 11 is 1.22. The zero-order chi connectivity index (χ0) is 18.2. The van der Waals surface area contributed by atoms with Gasteiger partial charge in [0.15, 0.2) is 5.13 Å². The van der Waals surface area contributed by atoms with Crippen molar-refractivity contribution in [3.8, 4) is 0 Å². The van der Waals surface area contributed by atoms with Gasteiger partial charge < -0.3 is 15.4 Å². The Bertz CT molecular complexity index is 523. The van der Waals surface area contributed by atoms with Crippen molar-refractivity contribution in [2.45, 2.75) is 50.9 Å². The maximum absolute atomic E-state index is 12.2. The minimum atomic E-state index is -4.23. The summed E-state index contributed by atoms with van der Waals surface area (Å²) in [6, 6.07) is -0.964. The summed E-state index contributed by atoms with van der Waals surface area (Å²) in [5.74, 6) is -0.997. The van der Waals surface area contributed by atoms with Crippen LogP contribution >= 0.6 is 11.3 Å². The first-order valence-corrected chi connectivity index (χ1v) is 8.20. The number of carbonyl (C=O) groups excluding carboxylic acids is 2. The van der Waals surface area contributed by atoms with Gasteiger partial charge in [-0.05, 0) is 19.8 Å². The number of nitrogens with one attached hydrogen (secondary N) is 2. The van der Waals surface area contributed by atoms with Crippen LogP contribution in [0, 0.1) is 0 Å². The summed E-state index contributed by atoms with van der Waals surface area (Å²) in [7, 11) is 1.39. The molecule has 0 spiro atoms. The predicted molar refractivity (Wildman–Crippen MR) is 83.7 cm³/mol. The molecule has 136 valence electrons. The quantitative estimate of drug-likeness (QED) is 0.658. The molecule has 0 aliphatic carbocycles. The van der Waals surface area contributed by atoms with E-state index in [-0.39, 0.29) is 19.3 Å². The van der Waals surface area contributed by atoms with Crippen LogP contribution in [0.3, 0.4) is 0 Å². The monoisotopic (exact) mass is 367 g/mol. The maximum Gasteiger partial charge on any atom is 0.389 e. The summed E-state index contributed by atoms with van der Waals surface area (Å²) in [6.07, 6.45) is -4.37. The third-order valence-corrected chi connectivity index (χ3v) is 3.91. The highest BCUT2D eigenvalue weighted by molar-refractivity contribution is 7.13. The van der Waals surface area contributed by atoms with Crippen LogP contribution in [-0.2, 0) is 14.3 Å². The zero-order valence-electron chi connectivity index (χ0n) is 13.4. The standard InChI is InChI=1S/C14H20F3N3O3S/c1-9(23-2)11(12(22)20-13-18-7-8-24-13)19-10(21)5-3-4-6-14(15,16)17/h7-9,11H,3-6H2,1-2H3,(H,19,21)(H,18,20,22)/t9-,11+/m1/s1. The van der Waals surface area contributed by atoms with Crippen molar-refractivity contribution in [1.82, 2.24) is 10.3 Å². The average molecular weight is 367 g/mol. The molecule has 2 N–H and O–H groups in total. The molecule has 0 saturated carbocycles. The summed E-state index contributed by atoms with van der Waals surface area (Å²) < 4.78 is 41.2. The Balaban J connectivity index is 2.50. The molecule has 1 aromatic rings. The molecule has 1 heterocycles. The molecular formula is C14H20F3N3O3S.